The maximum atomic E-state index is 11.6. The molecule has 6 nitrogen and oxygen atoms in total. The lowest BCUT2D eigenvalue weighted by atomic mass is 10.3. The Bertz CT molecular complexity index is 645. The van der Waals surface area contributed by atoms with Crippen LogP contribution in [0.1, 0.15) is 12.8 Å². The number of aromatic nitrogens is 2. The summed E-state index contributed by atoms with van der Waals surface area (Å²) in [6.45, 7) is 3.32. The molecular weight excluding hydrogens is 290 g/mol. The van der Waals surface area contributed by atoms with Crippen LogP contribution < -0.4 is 16.2 Å². The fraction of sp³-hybridized carbons (Fsp3) is 0.412. The molecule has 124 valence electrons. The molecule has 0 unspecified atom stereocenters. The van der Waals surface area contributed by atoms with Crippen LogP contribution >= 0.6 is 0 Å². The molecule has 2 rings (SSSR count). The summed E-state index contributed by atoms with van der Waals surface area (Å²) in [4.78, 5) is 15.8. The van der Waals surface area contributed by atoms with Gasteiger partial charge in [-0.3, -0.25) is 9.79 Å². The van der Waals surface area contributed by atoms with Crippen LogP contribution in [0.2, 0.25) is 0 Å². The molecule has 0 radical (unpaired) electrons. The topological polar surface area (TPSA) is 63.4 Å². The number of rotatable bonds is 8. The standard InChI is InChI=1S/C17H25N5O/c1-18-17(20-10-15-21-11-6-7-12-21)19-9-3-5-14-22-13-4-2-8-16(22)23/h2,4,6-8,11-13H,3,5,9-10,14-15H2,1H3,(H2,18,19,20). The van der Waals surface area contributed by atoms with Crippen LogP contribution in [0.15, 0.2) is 58.7 Å². The summed E-state index contributed by atoms with van der Waals surface area (Å²) >= 11 is 0. The van der Waals surface area contributed by atoms with Crippen LogP contribution in [0, 0.1) is 0 Å². The first-order valence-electron chi connectivity index (χ1n) is 8.00. The third-order valence-corrected chi connectivity index (χ3v) is 3.57. The molecule has 0 amide bonds. The molecule has 0 atom stereocenters. The fourth-order valence-corrected chi connectivity index (χ4v) is 2.30. The van der Waals surface area contributed by atoms with Gasteiger partial charge in [0.05, 0.1) is 0 Å². The zero-order valence-corrected chi connectivity index (χ0v) is 13.6. The zero-order chi connectivity index (χ0) is 16.3. The predicted molar refractivity (Wildman–Crippen MR) is 93.7 cm³/mol. The van der Waals surface area contributed by atoms with Crippen molar-refractivity contribution in [3.63, 3.8) is 0 Å². The van der Waals surface area contributed by atoms with Crippen molar-refractivity contribution in [1.82, 2.24) is 19.8 Å². The van der Waals surface area contributed by atoms with Crippen molar-refractivity contribution in [3.05, 3.63) is 59.3 Å². The van der Waals surface area contributed by atoms with Gasteiger partial charge in [0.2, 0.25) is 5.56 Å². The van der Waals surface area contributed by atoms with Gasteiger partial charge in [-0.25, -0.2) is 0 Å². The molecule has 0 aliphatic heterocycles. The summed E-state index contributed by atoms with van der Waals surface area (Å²) in [6, 6.07) is 9.28. The van der Waals surface area contributed by atoms with Crippen LogP contribution in [0.3, 0.4) is 0 Å². The second-order valence-corrected chi connectivity index (χ2v) is 5.29. The normalized spacial score (nSPS) is 11.4. The first-order chi connectivity index (χ1) is 11.3. The lowest BCUT2D eigenvalue weighted by Gasteiger charge is -2.12. The van der Waals surface area contributed by atoms with Crippen molar-refractivity contribution in [3.8, 4) is 0 Å². The highest BCUT2D eigenvalue weighted by Gasteiger charge is 1.98. The van der Waals surface area contributed by atoms with Gasteiger partial charge < -0.3 is 19.8 Å². The molecule has 23 heavy (non-hydrogen) atoms. The molecule has 6 heteroatoms. The van der Waals surface area contributed by atoms with Gasteiger partial charge in [0.1, 0.15) is 0 Å². The predicted octanol–water partition coefficient (Wildman–Crippen LogP) is 1.30. The van der Waals surface area contributed by atoms with E-state index < -0.39 is 0 Å². The molecular formula is C17H25N5O. The third kappa shape index (κ3) is 6.02. The van der Waals surface area contributed by atoms with E-state index in [1.165, 1.54) is 0 Å². The minimum absolute atomic E-state index is 0.0583. The van der Waals surface area contributed by atoms with E-state index in [0.717, 1.165) is 45.0 Å². The number of aliphatic imine (C=N–C) groups is 1. The van der Waals surface area contributed by atoms with Gasteiger partial charge in [0, 0.05) is 57.9 Å². The van der Waals surface area contributed by atoms with Crippen molar-refractivity contribution in [1.29, 1.82) is 0 Å². The Morgan fingerprint density at radius 1 is 1.00 bits per heavy atom. The van der Waals surface area contributed by atoms with Gasteiger partial charge >= 0.3 is 0 Å². The van der Waals surface area contributed by atoms with Gasteiger partial charge in [-0.15, -0.1) is 0 Å². The molecule has 2 N–H and O–H groups in total. The smallest absolute Gasteiger partial charge is 0.250 e. The summed E-state index contributed by atoms with van der Waals surface area (Å²) in [5.41, 5.74) is 0.0583. The molecule has 0 bridgehead atoms. The van der Waals surface area contributed by atoms with Crippen molar-refractivity contribution in [2.75, 3.05) is 20.1 Å². The van der Waals surface area contributed by atoms with E-state index in [2.05, 4.69) is 20.2 Å². The number of nitrogens with one attached hydrogen (secondary N) is 2. The van der Waals surface area contributed by atoms with Gasteiger partial charge in [0.25, 0.3) is 0 Å². The van der Waals surface area contributed by atoms with E-state index in [-0.39, 0.29) is 5.56 Å². The second-order valence-electron chi connectivity index (χ2n) is 5.29. The Morgan fingerprint density at radius 2 is 1.74 bits per heavy atom. The monoisotopic (exact) mass is 315 g/mol. The van der Waals surface area contributed by atoms with Crippen molar-refractivity contribution >= 4 is 5.96 Å². The van der Waals surface area contributed by atoms with Crippen LogP contribution in [0.25, 0.3) is 0 Å². The number of aryl methyl sites for hydroxylation is 1. The Hall–Kier alpha value is -2.50. The zero-order valence-electron chi connectivity index (χ0n) is 13.6. The molecule has 0 aliphatic carbocycles. The SMILES string of the molecule is CN=C(NCCCCn1ccccc1=O)NCCn1cccc1. The van der Waals surface area contributed by atoms with Gasteiger partial charge in [-0.2, -0.15) is 0 Å². The van der Waals surface area contributed by atoms with E-state index in [4.69, 9.17) is 0 Å². The minimum Gasteiger partial charge on any atom is -0.356 e. The molecule has 0 saturated heterocycles. The average Bonchev–Trinajstić information content (AvgIpc) is 3.08. The maximum Gasteiger partial charge on any atom is 0.250 e. The molecule has 0 spiro atoms. The largest absolute Gasteiger partial charge is 0.356 e. The van der Waals surface area contributed by atoms with E-state index >= 15 is 0 Å². The number of hydrogen-bond acceptors (Lipinski definition) is 2. The first-order valence-corrected chi connectivity index (χ1v) is 8.00. The number of unbranched alkanes of at least 4 members (excludes halogenated alkanes) is 1. The van der Waals surface area contributed by atoms with Crippen LogP contribution in [-0.2, 0) is 13.1 Å². The second kappa shape index (κ2) is 9.50. The lowest BCUT2D eigenvalue weighted by molar-refractivity contribution is 0.584. The number of hydrogen-bond donors (Lipinski definition) is 2. The van der Waals surface area contributed by atoms with E-state index in [9.17, 15) is 4.79 Å². The Labute approximate surface area is 136 Å². The highest BCUT2D eigenvalue weighted by atomic mass is 16.1. The Balaban J connectivity index is 1.58. The first kappa shape index (κ1) is 16.9. The van der Waals surface area contributed by atoms with E-state index in [1.54, 1.807) is 23.7 Å². The third-order valence-electron chi connectivity index (χ3n) is 3.57. The lowest BCUT2D eigenvalue weighted by Crippen LogP contribution is -2.39. The summed E-state index contributed by atoms with van der Waals surface area (Å²) < 4.78 is 3.86. The average molecular weight is 315 g/mol. The molecule has 0 fully saturated rings. The number of nitrogens with zero attached hydrogens (tertiary/aromatic N) is 3. The van der Waals surface area contributed by atoms with E-state index in [0.29, 0.717) is 0 Å². The minimum atomic E-state index is 0.0583. The molecule has 2 aromatic heterocycles. The summed E-state index contributed by atoms with van der Waals surface area (Å²) in [5, 5.41) is 6.58. The Kier molecular flexibility index (Phi) is 6.97. The Morgan fingerprint density at radius 3 is 2.48 bits per heavy atom. The summed E-state index contributed by atoms with van der Waals surface area (Å²) in [7, 11) is 1.77. The van der Waals surface area contributed by atoms with Crippen LogP contribution in [-0.4, -0.2) is 35.2 Å². The van der Waals surface area contributed by atoms with E-state index in [1.807, 2.05) is 36.8 Å². The highest BCUT2D eigenvalue weighted by Crippen LogP contribution is 1.92. The fourth-order valence-electron chi connectivity index (χ4n) is 2.30. The highest BCUT2D eigenvalue weighted by molar-refractivity contribution is 5.79. The van der Waals surface area contributed by atoms with Crippen molar-refractivity contribution < 1.29 is 0 Å². The van der Waals surface area contributed by atoms with Crippen LogP contribution in [0.4, 0.5) is 0 Å². The molecule has 0 aliphatic rings. The van der Waals surface area contributed by atoms with Gasteiger partial charge in [-0.05, 0) is 31.0 Å². The molecule has 0 aromatic carbocycles. The number of guanidine groups is 1. The maximum absolute atomic E-state index is 11.6. The molecule has 2 aromatic rings. The van der Waals surface area contributed by atoms with Crippen LogP contribution in [0.5, 0.6) is 0 Å². The van der Waals surface area contributed by atoms with Gasteiger partial charge in [-0.1, -0.05) is 6.07 Å². The van der Waals surface area contributed by atoms with Gasteiger partial charge in [0.15, 0.2) is 5.96 Å². The van der Waals surface area contributed by atoms with Crippen molar-refractivity contribution in [2.45, 2.75) is 25.9 Å². The molecule has 0 saturated carbocycles. The summed E-state index contributed by atoms with van der Waals surface area (Å²) in [5.74, 6) is 0.814. The number of pyridine rings is 1. The summed E-state index contributed by atoms with van der Waals surface area (Å²) in [6.07, 6.45) is 7.86. The van der Waals surface area contributed by atoms with Crippen molar-refractivity contribution in [2.24, 2.45) is 4.99 Å². The molecule has 2 heterocycles. The quantitative estimate of drug-likeness (QED) is 0.438.